The lowest BCUT2D eigenvalue weighted by atomic mass is 10.1. The molecular weight excluding hydrogens is 362 g/mol. The van der Waals surface area contributed by atoms with Crippen molar-refractivity contribution < 1.29 is 14.3 Å². The van der Waals surface area contributed by atoms with Crippen LogP contribution in [-0.4, -0.2) is 11.1 Å². The number of aromatic carboxylic acids is 1. The van der Waals surface area contributed by atoms with E-state index in [1.807, 2.05) is 24.3 Å². The Hall–Kier alpha value is -1.83. The van der Waals surface area contributed by atoms with E-state index >= 15 is 0 Å². The molecule has 0 fully saturated rings. The van der Waals surface area contributed by atoms with Gasteiger partial charge in [0.25, 0.3) is 0 Å². The summed E-state index contributed by atoms with van der Waals surface area (Å²) in [4.78, 5) is 10.8. The summed E-state index contributed by atoms with van der Waals surface area (Å²) in [5, 5.41) is 11.7. The fourth-order valence-corrected chi connectivity index (χ4v) is 1.91. The average Bonchev–Trinajstić information content (AvgIpc) is 2.35. The minimum atomic E-state index is -1.34. The molecule has 6 heteroatoms. The van der Waals surface area contributed by atoms with E-state index in [2.05, 4.69) is 27.9 Å². The van der Waals surface area contributed by atoms with E-state index in [9.17, 15) is 9.18 Å². The highest BCUT2D eigenvalue weighted by Gasteiger charge is 2.13. The van der Waals surface area contributed by atoms with Gasteiger partial charge in [-0.3, -0.25) is 0 Å². The van der Waals surface area contributed by atoms with Crippen molar-refractivity contribution in [3.8, 4) is 0 Å². The predicted molar refractivity (Wildman–Crippen MR) is 80.2 cm³/mol. The molecule has 0 saturated carbocycles. The van der Waals surface area contributed by atoms with E-state index < -0.39 is 17.3 Å². The van der Waals surface area contributed by atoms with E-state index in [0.29, 0.717) is 5.69 Å². The van der Waals surface area contributed by atoms with Crippen molar-refractivity contribution in [1.29, 1.82) is 0 Å². The Balaban J connectivity index is 2.33. The van der Waals surface area contributed by atoms with Gasteiger partial charge in [-0.25, -0.2) is 9.18 Å². The van der Waals surface area contributed by atoms with Crippen LogP contribution in [0.3, 0.4) is 0 Å². The van der Waals surface area contributed by atoms with E-state index in [-0.39, 0.29) is 5.69 Å². The minimum absolute atomic E-state index is 0.178. The van der Waals surface area contributed by atoms with Gasteiger partial charge in [0.2, 0.25) is 0 Å². The van der Waals surface area contributed by atoms with Crippen molar-refractivity contribution in [2.45, 2.75) is 0 Å². The lowest BCUT2D eigenvalue weighted by molar-refractivity contribution is 0.0692. The monoisotopic (exact) mass is 372 g/mol. The van der Waals surface area contributed by atoms with Gasteiger partial charge in [-0.05, 0) is 52.9 Å². The van der Waals surface area contributed by atoms with Gasteiger partial charge in [-0.2, -0.15) is 0 Å². The standard InChI is InChI=1S/C13H10FIN2O2/c14-10-6-12(11(16)5-9(10)13(18)19)17-8-3-1-7(15)2-4-8/h1-6,17H,16H2,(H,18,19). The Labute approximate surface area is 122 Å². The Morgan fingerprint density at radius 3 is 2.47 bits per heavy atom. The summed E-state index contributed by atoms with van der Waals surface area (Å²) in [6.45, 7) is 0. The second-order valence-corrected chi connectivity index (χ2v) is 5.10. The normalized spacial score (nSPS) is 10.2. The molecule has 98 valence electrons. The molecule has 0 radical (unpaired) electrons. The summed E-state index contributed by atoms with van der Waals surface area (Å²) in [6.07, 6.45) is 0. The number of benzene rings is 2. The molecule has 0 saturated heterocycles. The molecule has 0 bridgehead atoms. The zero-order valence-electron chi connectivity index (χ0n) is 9.65. The molecule has 0 aliphatic heterocycles. The van der Waals surface area contributed by atoms with E-state index in [0.717, 1.165) is 21.4 Å². The fraction of sp³-hybridized carbons (Fsp3) is 0. The first kappa shape index (κ1) is 13.6. The number of hydrogen-bond acceptors (Lipinski definition) is 3. The number of nitrogens with one attached hydrogen (secondary N) is 1. The molecule has 0 heterocycles. The number of carboxylic acids is 1. The van der Waals surface area contributed by atoms with E-state index in [1.165, 1.54) is 0 Å². The Morgan fingerprint density at radius 2 is 1.89 bits per heavy atom. The van der Waals surface area contributed by atoms with Crippen LogP contribution in [0.1, 0.15) is 10.4 Å². The Kier molecular flexibility index (Phi) is 3.89. The maximum absolute atomic E-state index is 13.6. The van der Waals surface area contributed by atoms with Crippen LogP contribution in [0.5, 0.6) is 0 Å². The van der Waals surface area contributed by atoms with Crippen molar-refractivity contribution in [2.75, 3.05) is 11.1 Å². The molecule has 0 unspecified atom stereocenters. The van der Waals surface area contributed by atoms with Gasteiger partial charge in [0.05, 0.1) is 16.9 Å². The molecule has 0 amide bonds. The number of carbonyl (C=O) groups is 1. The molecule has 4 nitrogen and oxygen atoms in total. The van der Waals surface area contributed by atoms with E-state index in [4.69, 9.17) is 10.8 Å². The zero-order valence-corrected chi connectivity index (χ0v) is 11.8. The fourth-order valence-electron chi connectivity index (χ4n) is 1.55. The molecule has 2 rings (SSSR count). The number of anilines is 3. The van der Waals surface area contributed by atoms with Gasteiger partial charge >= 0.3 is 5.97 Å². The van der Waals surface area contributed by atoms with Crippen LogP contribution in [0.2, 0.25) is 0 Å². The van der Waals surface area contributed by atoms with Gasteiger partial charge in [0, 0.05) is 15.3 Å². The number of halogens is 2. The maximum Gasteiger partial charge on any atom is 0.338 e. The first-order valence-corrected chi connectivity index (χ1v) is 6.40. The number of rotatable bonds is 3. The molecule has 0 atom stereocenters. The minimum Gasteiger partial charge on any atom is -0.478 e. The third-order valence-electron chi connectivity index (χ3n) is 2.49. The van der Waals surface area contributed by atoms with Gasteiger partial charge in [0.15, 0.2) is 0 Å². The molecule has 0 spiro atoms. The molecule has 2 aromatic carbocycles. The average molecular weight is 372 g/mol. The van der Waals surface area contributed by atoms with Crippen LogP contribution in [0.25, 0.3) is 0 Å². The maximum atomic E-state index is 13.6. The number of carboxylic acid groups (broad SMARTS) is 1. The van der Waals surface area contributed by atoms with Gasteiger partial charge < -0.3 is 16.2 Å². The van der Waals surface area contributed by atoms with Crippen molar-refractivity contribution in [3.05, 3.63) is 51.3 Å². The molecule has 4 N–H and O–H groups in total. The Morgan fingerprint density at radius 1 is 1.26 bits per heavy atom. The lowest BCUT2D eigenvalue weighted by Gasteiger charge is -2.11. The molecule has 0 aliphatic carbocycles. The molecular formula is C13H10FIN2O2. The number of nitrogen functional groups attached to an aromatic ring is 1. The highest BCUT2D eigenvalue weighted by molar-refractivity contribution is 14.1. The Bertz CT molecular complexity index is 629. The quantitative estimate of drug-likeness (QED) is 0.570. The summed E-state index contributed by atoms with van der Waals surface area (Å²) in [6, 6.07) is 9.61. The second kappa shape index (κ2) is 5.43. The smallest absolute Gasteiger partial charge is 0.338 e. The summed E-state index contributed by atoms with van der Waals surface area (Å²) < 4.78 is 14.6. The van der Waals surface area contributed by atoms with Crippen LogP contribution < -0.4 is 11.1 Å². The van der Waals surface area contributed by atoms with Gasteiger partial charge in [0.1, 0.15) is 5.82 Å². The SMILES string of the molecule is Nc1cc(C(=O)O)c(F)cc1Nc1ccc(I)cc1. The molecule has 2 aromatic rings. The van der Waals surface area contributed by atoms with Crippen molar-refractivity contribution in [1.82, 2.24) is 0 Å². The van der Waals surface area contributed by atoms with Gasteiger partial charge in [-0.15, -0.1) is 0 Å². The van der Waals surface area contributed by atoms with E-state index in [1.54, 1.807) is 0 Å². The molecule has 0 aliphatic rings. The molecule has 0 aromatic heterocycles. The third kappa shape index (κ3) is 3.14. The number of nitrogens with two attached hydrogens (primary N) is 1. The number of hydrogen-bond donors (Lipinski definition) is 3. The van der Waals surface area contributed by atoms with Crippen molar-refractivity contribution in [2.24, 2.45) is 0 Å². The summed E-state index contributed by atoms with van der Waals surface area (Å²) >= 11 is 2.17. The van der Waals surface area contributed by atoms with Crippen molar-refractivity contribution >= 4 is 45.6 Å². The third-order valence-corrected chi connectivity index (χ3v) is 3.21. The topological polar surface area (TPSA) is 75.4 Å². The summed E-state index contributed by atoms with van der Waals surface area (Å²) in [7, 11) is 0. The predicted octanol–water partition coefficient (Wildman–Crippen LogP) is 3.45. The first-order valence-electron chi connectivity index (χ1n) is 5.32. The second-order valence-electron chi connectivity index (χ2n) is 3.86. The highest BCUT2D eigenvalue weighted by Crippen LogP contribution is 2.26. The van der Waals surface area contributed by atoms with Crippen LogP contribution in [-0.2, 0) is 0 Å². The van der Waals surface area contributed by atoms with Crippen LogP contribution in [0.4, 0.5) is 21.5 Å². The largest absolute Gasteiger partial charge is 0.478 e. The first-order chi connectivity index (χ1) is 8.97. The van der Waals surface area contributed by atoms with Crippen molar-refractivity contribution in [3.63, 3.8) is 0 Å². The summed E-state index contributed by atoms with van der Waals surface area (Å²) in [5.74, 6) is -2.17. The van der Waals surface area contributed by atoms with Crippen LogP contribution in [0.15, 0.2) is 36.4 Å². The summed E-state index contributed by atoms with van der Waals surface area (Å²) in [5.41, 5.74) is 6.53. The zero-order chi connectivity index (χ0) is 14.0. The highest BCUT2D eigenvalue weighted by atomic mass is 127. The van der Waals surface area contributed by atoms with Crippen LogP contribution >= 0.6 is 22.6 Å². The molecule has 19 heavy (non-hydrogen) atoms. The van der Waals surface area contributed by atoms with Gasteiger partial charge in [-0.1, -0.05) is 0 Å². The van der Waals surface area contributed by atoms with Crippen LogP contribution in [0, 0.1) is 9.39 Å². The lowest BCUT2D eigenvalue weighted by Crippen LogP contribution is -2.05.